The Bertz CT molecular complexity index is 892. The van der Waals surface area contributed by atoms with E-state index in [1.54, 1.807) is 57.2 Å². The minimum Gasteiger partial charge on any atom is -0.399 e. The maximum absolute atomic E-state index is 12.6. The molecule has 3 N–H and O–H groups in total. The van der Waals surface area contributed by atoms with Crippen LogP contribution in [0.5, 0.6) is 0 Å². The number of hydrogen-bond acceptors (Lipinski definition) is 4. The van der Waals surface area contributed by atoms with E-state index >= 15 is 0 Å². The van der Waals surface area contributed by atoms with Crippen LogP contribution in [0, 0.1) is 6.92 Å². The van der Waals surface area contributed by atoms with Gasteiger partial charge in [-0.25, -0.2) is 8.42 Å². The maximum atomic E-state index is 12.6. The fourth-order valence-electron chi connectivity index (χ4n) is 2.21. The summed E-state index contributed by atoms with van der Waals surface area (Å²) in [6.45, 7) is 5.40. The van der Waals surface area contributed by atoms with Crippen LogP contribution in [0.25, 0.3) is 0 Å². The van der Waals surface area contributed by atoms with Gasteiger partial charge in [0.05, 0.1) is 4.90 Å². The molecule has 2 aromatic rings. The van der Waals surface area contributed by atoms with Crippen molar-refractivity contribution in [2.24, 2.45) is 0 Å². The van der Waals surface area contributed by atoms with Crippen molar-refractivity contribution in [1.82, 2.24) is 4.31 Å². The number of carbonyl (C=O) groups is 1. The first-order valence-corrected chi connectivity index (χ1v) is 9.32. The van der Waals surface area contributed by atoms with Gasteiger partial charge in [-0.2, -0.15) is 4.31 Å². The summed E-state index contributed by atoms with van der Waals surface area (Å²) in [5.74, 6) is -0.345. The van der Waals surface area contributed by atoms with Crippen LogP contribution in [-0.4, -0.2) is 31.7 Å². The quantitative estimate of drug-likeness (QED) is 0.801. The van der Waals surface area contributed by atoms with E-state index in [1.807, 2.05) is 0 Å². The predicted octanol–water partition coefficient (Wildman–Crippen LogP) is 2.86. The molecule has 0 spiro atoms. The van der Waals surface area contributed by atoms with Gasteiger partial charge in [-0.05, 0) is 56.7 Å². The third-order valence-electron chi connectivity index (χ3n) is 4.01. The van der Waals surface area contributed by atoms with E-state index in [1.165, 1.54) is 17.4 Å². The average Bonchev–Trinajstić information content (AvgIpc) is 2.55. The van der Waals surface area contributed by atoms with Crippen molar-refractivity contribution in [3.05, 3.63) is 53.6 Å². The fourth-order valence-corrected chi connectivity index (χ4v) is 3.61. The van der Waals surface area contributed by atoms with E-state index in [-0.39, 0.29) is 16.8 Å². The topological polar surface area (TPSA) is 92.5 Å². The van der Waals surface area contributed by atoms with Gasteiger partial charge in [0, 0.05) is 30.0 Å². The third-order valence-corrected chi connectivity index (χ3v) is 6.04. The number of nitrogens with two attached hydrogens (primary N) is 1. The Morgan fingerprint density at radius 2 is 1.84 bits per heavy atom. The molecule has 0 aliphatic heterocycles. The van der Waals surface area contributed by atoms with Crippen LogP contribution in [0.4, 0.5) is 11.4 Å². The summed E-state index contributed by atoms with van der Waals surface area (Å²) in [5.41, 5.74) is 7.81. The zero-order valence-electron chi connectivity index (χ0n) is 14.8. The predicted molar refractivity (Wildman–Crippen MR) is 100 cm³/mol. The number of benzene rings is 2. The Morgan fingerprint density at radius 3 is 2.44 bits per heavy atom. The largest absolute Gasteiger partial charge is 0.399 e. The van der Waals surface area contributed by atoms with Gasteiger partial charge in [0.15, 0.2) is 0 Å². The molecule has 0 bridgehead atoms. The second-order valence-electron chi connectivity index (χ2n) is 6.17. The molecule has 2 aromatic carbocycles. The Balaban J connectivity index is 2.35. The van der Waals surface area contributed by atoms with Crippen LogP contribution in [0.3, 0.4) is 0 Å². The molecule has 0 aromatic heterocycles. The summed E-state index contributed by atoms with van der Waals surface area (Å²) >= 11 is 0. The monoisotopic (exact) mass is 361 g/mol. The summed E-state index contributed by atoms with van der Waals surface area (Å²) in [7, 11) is -2.09. The van der Waals surface area contributed by atoms with Gasteiger partial charge >= 0.3 is 0 Å². The molecule has 0 fully saturated rings. The number of nitrogens with zero attached hydrogens (tertiary/aromatic N) is 1. The molecule has 0 radical (unpaired) electrons. The van der Waals surface area contributed by atoms with Gasteiger partial charge in [-0.3, -0.25) is 4.79 Å². The Hall–Kier alpha value is -2.38. The molecule has 6 nitrogen and oxygen atoms in total. The smallest absolute Gasteiger partial charge is 0.255 e. The van der Waals surface area contributed by atoms with Gasteiger partial charge < -0.3 is 11.1 Å². The van der Waals surface area contributed by atoms with Crippen LogP contribution in [0.2, 0.25) is 0 Å². The van der Waals surface area contributed by atoms with Crippen LogP contribution in [0.1, 0.15) is 29.8 Å². The second-order valence-corrected chi connectivity index (χ2v) is 8.17. The summed E-state index contributed by atoms with van der Waals surface area (Å²) in [4.78, 5) is 12.5. The summed E-state index contributed by atoms with van der Waals surface area (Å²) in [6.07, 6.45) is 0. The number of nitrogens with one attached hydrogen (secondary N) is 1. The van der Waals surface area contributed by atoms with Crippen molar-refractivity contribution >= 4 is 27.3 Å². The van der Waals surface area contributed by atoms with Gasteiger partial charge in [-0.15, -0.1) is 0 Å². The highest BCUT2D eigenvalue weighted by atomic mass is 32.2. The zero-order valence-corrected chi connectivity index (χ0v) is 15.6. The van der Waals surface area contributed by atoms with Crippen molar-refractivity contribution in [3.63, 3.8) is 0 Å². The molecular formula is C18H23N3O3S. The lowest BCUT2D eigenvalue weighted by Gasteiger charge is -2.21. The summed E-state index contributed by atoms with van der Waals surface area (Å²) in [5, 5.41) is 2.76. The average molecular weight is 361 g/mol. The lowest BCUT2D eigenvalue weighted by molar-refractivity contribution is 0.102. The molecule has 0 aliphatic carbocycles. The number of sulfonamides is 1. The van der Waals surface area contributed by atoms with E-state index in [0.717, 1.165) is 5.56 Å². The van der Waals surface area contributed by atoms with Crippen LogP contribution in [-0.2, 0) is 10.0 Å². The number of hydrogen-bond donors (Lipinski definition) is 2. The molecule has 0 aliphatic rings. The number of nitrogen functional groups attached to an aromatic ring is 1. The Morgan fingerprint density at radius 1 is 1.16 bits per heavy atom. The summed E-state index contributed by atoms with van der Waals surface area (Å²) < 4.78 is 26.6. The number of rotatable bonds is 5. The maximum Gasteiger partial charge on any atom is 0.255 e. The van der Waals surface area contributed by atoms with Crippen LogP contribution in [0.15, 0.2) is 47.4 Å². The van der Waals surface area contributed by atoms with E-state index < -0.39 is 10.0 Å². The highest BCUT2D eigenvalue weighted by Crippen LogP contribution is 2.24. The molecule has 1 amide bonds. The SMILES string of the molecule is Cc1ccc(S(=O)(=O)N(C)C(C)C)cc1NC(=O)c1cccc(N)c1. The zero-order chi connectivity index (χ0) is 18.8. The molecule has 2 rings (SSSR count). The molecule has 134 valence electrons. The van der Waals surface area contributed by atoms with Gasteiger partial charge in [-0.1, -0.05) is 12.1 Å². The van der Waals surface area contributed by atoms with Crippen molar-refractivity contribution < 1.29 is 13.2 Å². The first-order valence-electron chi connectivity index (χ1n) is 7.88. The van der Waals surface area contributed by atoms with Crippen molar-refractivity contribution in [3.8, 4) is 0 Å². The number of amides is 1. The lowest BCUT2D eigenvalue weighted by atomic mass is 10.1. The standard InChI is InChI=1S/C18H23N3O3S/c1-12(2)21(4)25(23,24)16-9-8-13(3)17(11-16)20-18(22)14-6-5-7-15(19)10-14/h5-12H,19H2,1-4H3,(H,20,22). The normalized spacial score (nSPS) is 11.8. The molecular weight excluding hydrogens is 338 g/mol. The van der Waals surface area contributed by atoms with E-state index in [4.69, 9.17) is 5.73 Å². The van der Waals surface area contributed by atoms with E-state index in [2.05, 4.69) is 5.32 Å². The van der Waals surface area contributed by atoms with Crippen LogP contribution < -0.4 is 11.1 Å². The molecule has 0 heterocycles. The Labute approximate surface area is 148 Å². The van der Waals surface area contributed by atoms with Crippen molar-refractivity contribution in [2.75, 3.05) is 18.1 Å². The molecule has 25 heavy (non-hydrogen) atoms. The first kappa shape index (κ1) is 19.0. The van der Waals surface area contributed by atoms with E-state index in [9.17, 15) is 13.2 Å². The first-order chi connectivity index (χ1) is 11.6. The minimum atomic E-state index is -3.62. The van der Waals surface area contributed by atoms with Crippen LogP contribution >= 0.6 is 0 Å². The van der Waals surface area contributed by atoms with Crippen molar-refractivity contribution in [1.29, 1.82) is 0 Å². The molecule has 0 unspecified atom stereocenters. The fraction of sp³-hybridized carbons (Fsp3) is 0.278. The highest BCUT2D eigenvalue weighted by Gasteiger charge is 2.24. The number of aryl methyl sites for hydroxylation is 1. The molecule has 0 saturated heterocycles. The van der Waals surface area contributed by atoms with E-state index in [0.29, 0.717) is 16.9 Å². The Kier molecular flexibility index (Phi) is 5.49. The minimum absolute atomic E-state index is 0.136. The summed E-state index contributed by atoms with van der Waals surface area (Å²) in [6, 6.07) is 11.1. The van der Waals surface area contributed by atoms with Crippen molar-refractivity contribution in [2.45, 2.75) is 31.7 Å². The van der Waals surface area contributed by atoms with Gasteiger partial charge in [0.2, 0.25) is 10.0 Å². The highest BCUT2D eigenvalue weighted by molar-refractivity contribution is 7.89. The number of carbonyl (C=O) groups excluding carboxylic acids is 1. The molecule has 0 saturated carbocycles. The van der Waals surface area contributed by atoms with Gasteiger partial charge in [0.1, 0.15) is 0 Å². The second kappa shape index (κ2) is 7.25. The molecule has 7 heteroatoms. The third kappa shape index (κ3) is 4.18. The lowest BCUT2D eigenvalue weighted by Crippen LogP contribution is -2.33. The van der Waals surface area contributed by atoms with Gasteiger partial charge in [0.25, 0.3) is 5.91 Å². The number of anilines is 2. The molecule has 0 atom stereocenters.